The van der Waals surface area contributed by atoms with Crippen molar-refractivity contribution in [2.45, 2.75) is 58.9 Å². The van der Waals surface area contributed by atoms with E-state index in [0.717, 1.165) is 54.7 Å². The predicted octanol–water partition coefficient (Wildman–Crippen LogP) is 3.96. The van der Waals surface area contributed by atoms with Crippen molar-refractivity contribution in [2.75, 3.05) is 19.6 Å². The number of nitrogens with one attached hydrogen (secondary N) is 1. The Labute approximate surface area is 170 Å². The van der Waals surface area contributed by atoms with Crippen molar-refractivity contribution in [1.29, 1.82) is 0 Å². The number of nitrogens with zero attached hydrogens (tertiary/aromatic N) is 1. The second kappa shape index (κ2) is 8.36. The fraction of sp³-hybridized carbons (Fsp3) is 0.478. The van der Waals surface area contributed by atoms with Gasteiger partial charge < -0.3 is 0 Å². The zero-order valence-corrected chi connectivity index (χ0v) is 18.5. The molecule has 0 fully saturated rings. The molecule has 1 aliphatic heterocycles. The Morgan fingerprint density at radius 2 is 1.46 bits per heavy atom. The minimum absolute atomic E-state index is 0.458. The highest BCUT2D eigenvalue weighted by Crippen LogP contribution is 2.29. The molecule has 1 N–H and O–H groups in total. The van der Waals surface area contributed by atoms with E-state index in [9.17, 15) is 8.42 Å². The third-order valence-electron chi connectivity index (χ3n) is 6.35. The van der Waals surface area contributed by atoms with E-state index >= 15 is 0 Å². The second-order valence-corrected chi connectivity index (χ2v) is 9.70. The van der Waals surface area contributed by atoms with Gasteiger partial charge in [-0.2, -0.15) is 0 Å². The van der Waals surface area contributed by atoms with Gasteiger partial charge in [0.1, 0.15) is 0 Å². The van der Waals surface area contributed by atoms with Crippen LogP contribution in [-0.4, -0.2) is 33.0 Å². The molecule has 0 spiro atoms. The van der Waals surface area contributed by atoms with Gasteiger partial charge in [0.05, 0.1) is 4.90 Å². The van der Waals surface area contributed by atoms with Crippen molar-refractivity contribution in [2.24, 2.45) is 0 Å². The van der Waals surface area contributed by atoms with Gasteiger partial charge in [0, 0.05) is 19.6 Å². The van der Waals surface area contributed by atoms with Crippen LogP contribution in [0.4, 0.5) is 0 Å². The van der Waals surface area contributed by atoms with Gasteiger partial charge in [-0.3, -0.25) is 4.90 Å². The van der Waals surface area contributed by atoms with Crippen LogP contribution in [0, 0.1) is 34.6 Å². The normalized spacial score (nSPS) is 14.9. The van der Waals surface area contributed by atoms with E-state index in [1.165, 1.54) is 16.7 Å². The molecule has 0 bridgehead atoms. The van der Waals surface area contributed by atoms with E-state index in [0.29, 0.717) is 11.4 Å². The number of hydrogen-bond acceptors (Lipinski definition) is 3. The highest BCUT2D eigenvalue weighted by molar-refractivity contribution is 7.89. The van der Waals surface area contributed by atoms with Gasteiger partial charge in [-0.15, -0.1) is 0 Å². The molecule has 0 amide bonds. The van der Waals surface area contributed by atoms with Crippen LogP contribution in [0.25, 0.3) is 0 Å². The molecule has 0 aliphatic carbocycles. The standard InChI is InChI=1S/C23H32N2O2S/c1-16-17(2)19(4)23(20(5)18(16)3)28(26,27)24-12-8-13-25-14-11-21-9-6-7-10-22(21)15-25/h6-7,9-10,24H,8,11-15H2,1-5H3. The second-order valence-electron chi connectivity index (χ2n) is 8.00. The molecule has 28 heavy (non-hydrogen) atoms. The van der Waals surface area contributed by atoms with Crippen LogP contribution in [-0.2, 0) is 23.0 Å². The third kappa shape index (κ3) is 4.17. The van der Waals surface area contributed by atoms with Crippen LogP contribution in [0.5, 0.6) is 0 Å². The largest absolute Gasteiger partial charge is 0.299 e. The van der Waals surface area contributed by atoms with Crippen molar-refractivity contribution in [3.05, 3.63) is 63.2 Å². The maximum atomic E-state index is 13.0. The molecular weight excluding hydrogens is 368 g/mol. The molecule has 3 rings (SSSR count). The van der Waals surface area contributed by atoms with Crippen LogP contribution < -0.4 is 4.72 Å². The van der Waals surface area contributed by atoms with E-state index < -0.39 is 10.0 Å². The minimum atomic E-state index is -3.50. The van der Waals surface area contributed by atoms with Gasteiger partial charge in [-0.05, 0) is 92.9 Å². The lowest BCUT2D eigenvalue weighted by Crippen LogP contribution is -2.34. The Kier molecular flexibility index (Phi) is 6.28. The summed E-state index contributed by atoms with van der Waals surface area (Å²) in [5, 5.41) is 0. The minimum Gasteiger partial charge on any atom is -0.299 e. The van der Waals surface area contributed by atoms with Gasteiger partial charge in [0.25, 0.3) is 0 Å². The fourth-order valence-corrected chi connectivity index (χ4v) is 5.86. The van der Waals surface area contributed by atoms with Crippen molar-refractivity contribution in [3.8, 4) is 0 Å². The quantitative estimate of drug-likeness (QED) is 0.747. The summed E-state index contributed by atoms with van der Waals surface area (Å²) in [5.74, 6) is 0. The summed E-state index contributed by atoms with van der Waals surface area (Å²) in [4.78, 5) is 2.87. The molecule has 0 radical (unpaired) electrons. The molecule has 2 aromatic rings. The van der Waals surface area contributed by atoms with Gasteiger partial charge >= 0.3 is 0 Å². The van der Waals surface area contributed by atoms with Crippen molar-refractivity contribution in [3.63, 3.8) is 0 Å². The van der Waals surface area contributed by atoms with Crippen LogP contribution >= 0.6 is 0 Å². The van der Waals surface area contributed by atoms with Crippen LogP contribution in [0.3, 0.4) is 0 Å². The SMILES string of the molecule is Cc1c(C)c(C)c(S(=O)(=O)NCCCN2CCc3ccccc3C2)c(C)c1C. The monoisotopic (exact) mass is 400 g/mol. The average molecular weight is 401 g/mol. The summed E-state index contributed by atoms with van der Waals surface area (Å²) in [7, 11) is -3.50. The summed E-state index contributed by atoms with van der Waals surface area (Å²) in [6.07, 6.45) is 1.88. The van der Waals surface area contributed by atoms with Crippen LogP contribution in [0.1, 0.15) is 45.4 Å². The third-order valence-corrected chi connectivity index (χ3v) is 8.09. The highest BCUT2D eigenvalue weighted by atomic mass is 32.2. The molecule has 0 saturated carbocycles. The molecule has 0 aromatic heterocycles. The summed E-state index contributed by atoms with van der Waals surface area (Å²) in [6, 6.07) is 8.59. The van der Waals surface area contributed by atoms with Crippen molar-refractivity contribution in [1.82, 2.24) is 9.62 Å². The van der Waals surface area contributed by atoms with E-state index in [-0.39, 0.29) is 0 Å². The van der Waals surface area contributed by atoms with Crippen LogP contribution in [0.2, 0.25) is 0 Å². The first-order valence-corrected chi connectivity index (χ1v) is 11.6. The van der Waals surface area contributed by atoms with E-state index in [1.807, 2.05) is 27.7 Å². The Morgan fingerprint density at radius 1 is 0.893 bits per heavy atom. The molecular formula is C23H32N2O2S. The first kappa shape index (κ1) is 21.0. The van der Waals surface area contributed by atoms with E-state index in [4.69, 9.17) is 0 Å². The number of rotatable bonds is 6. The number of hydrogen-bond donors (Lipinski definition) is 1. The topological polar surface area (TPSA) is 49.4 Å². The van der Waals surface area contributed by atoms with E-state index in [1.54, 1.807) is 0 Å². The maximum absolute atomic E-state index is 13.0. The smallest absolute Gasteiger partial charge is 0.241 e. The number of sulfonamides is 1. The Balaban J connectivity index is 1.61. The first-order chi connectivity index (χ1) is 13.2. The highest BCUT2D eigenvalue weighted by Gasteiger charge is 2.23. The molecule has 2 aromatic carbocycles. The van der Waals surface area contributed by atoms with Gasteiger partial charge in [0.2, 0.25) is 10.0 Å². The fourth-order valence-electron chi connectivity index (χ4n) is 4.20. The summed E-state index contributed by atoms with van der Waals surface area (Å²) in [5.41, 5.74) is 7.87. The molecule has 5 heteroatoms. The van der Waals surface area contributed by atoms with E-state index in [2.05, 4.69) is 40.8 Å². The lowest BCUT2D eigenvalue weighted by atomic mass is 9.95. The molecule has 1 aliphatic rings. The van der Waals surface area contributed by atoms with Gasteiger partial charge in [-0.1, -0.05) is 24.3 Å². The molecule has 0 saturated heterocycles. The van der Waals surface area contributed by atoms with Crippen LogP contribution in [0.15, 0.2) is 29.2 Å². The zero-order valence-electron chi connectivity index (χ0n) is 17.7. The lowest BCUT2D eigenvalue weighted by Gasteiger charge is -2.28. The van der Waals surface area contributed by atoms with Gasteiger partial charge in [-0.25, -0.2) is 13.1 Å². The number of benzene rings is 2. The Hall–Kier alpha value is -1.69. The molecule has 0 unspecified atom stereocenters. The number of fused-ring (bicyclic) bond motifs is 1. The van der Waals surface area contributed by atoms with Crippen molar-refractivity contribution >= 4 is 10.0 Å². The summed E-state index contributed by atoms with van der Waals surface area (Å²) >= 11 is 0. The summed E-state index contributed by atoms with van der Waals surface area (Å²) < 4.78 is 28.8. The maximum Gasteiger partial charge on any atom is 0.241 e. The zero-order chi connectivity index (χ0) is 20.5. The predicted molar refractivity (Wildman–Crippen MR) is 115 cm³/mol. The average Bonchev–Trinajstić information content (AvgIpc) is 2.68. The first-order valence-electron chi connectivity index (χ1n) is 10.1. The molecule has 1 heterocycles. The lowest BCUT2D eigenvalue weighted by molar-refractivity contribution is 0.251. The Morgan fingerprint density at radius 3 is 2.11 bits per heavy atom. The Bertz CT molecular complexity index is 951. The van der Waals surface area contributed by atoms with Crippen molar-refractivity contribution < 1.29 is 8.42 Å². The molecule has 4 nitrogen and oxygen atoms in total. The molecule has 0 atom stereocenters. The molecule has 152 valence electrons. The van der Waals surface area contributed by atoms with Gasteiger partial charge in [0.15, 0.2) is 0 Å². The summed E-state index contributed by atoms with van der Waals surface area (Å²) in [6.45, 7) is 13.3.